The van der Waals surface area contributed by atoms with E-state index in [9.17, 15) is 4.79 Å². The highest BCUT2D eigenvalue weighted by Crippen LogP contribution is 2.40. The zero-order chi connectivity index (χ0) is 18.5. The van der Waals surface area contributed by atoms with Crippen molar-refractivity contribution in [1.82, 2.24) is 0 Å². The van der Waals surface area contributed by atoms with E-state index in [1.54, 1.807) is 6.08 Å². The van der Waals surface area contributed by atoms with Gasteiger partial charge in [0.2, 0.25) is 6.08 Å². The van der Waals surface area contributed by atoms with Crippen molar-refractivity contribution in [2.75, 3.05) is 0 Å². The largest absolute Gasteiger partial charge is 0.235 e. The van der Waals surface area contributed by atoms with Gasteiger partial charge >= 0.3 is 0 Å². The molecule has 0 fully saturated rings. The van der Waals surface area contributed by atoms with Crippen molar-refractivity contribution < 1.29 is 4.79 Å². The quantitative estimate of drug-likeness (QED) is 0.322. The summed E-state index contributed by atoms with van der Waals surface area (Å²) < 4.78 is 0. The van der Waals surface area contributed by atoms with E-state index in [0.717, 1.165) is 29.0 Å². The van der Waals surface area contributed by atoms with Gasteiger partial charge in [0, 0.05) is 10.9 Å². The maximum Gasteiger partial charge on any atom is 0.235 e. The third-order valence-electron chi connectivity index (χ3n) is 4.68. The lowest BCUT2D eigenvalue weighted by molar-refractivity contribution is 0.285. The Kier molecular flexibility index (Phi) is 7.01. The first-order chi connectivity index (χ1) is 11.0. The monoisotopic (exact) mass is 347 g/mol. The zero-order valence-electron chi connectivity index (χ0n) is 15.8. The Balaban J connectivity index is 3.25. The highest BCUT2D eigenvalue weighted by Gasteiger charge is 2.36. The minimum absolute atomic E-state index is 0.0236. The number of isocyanates is 1. The fourth-order valence-electron chi connectivity index (χ4n) is 3.15. The maximum absolute atomic E-state index is 11.0. The van der Waals surface area contributed by atoms with Gasteiger partial charge in [-0.2, -0.15) is 4.99 Å². The van der Waals surface area contributed by atoms with Crippen LogP contribution in [0.5, 0.6) is 0 Å². The number of nitrogens with zero attached hydrogens (tertiary/aromatic N) is 1. The van der Waals surface area contributed by atoms with Crippen LogP contribution in [-0.2, 0) is 16.8 Å². The molecule has 132 valence electrons. The van der Waals surface area contributed by atoms with Crippen LogP contribution in [0.25, 0.3) is 0 Å². The minimum Gasteiger partial charge on any atom is -0.211 e. The van der Waals surface area contributed by atoms with Gasteiger partial charge < -0.3 is 0 Å². The number of aryl methyl sites for hydroxylation is 1. The molecule has 1 aromatic rings. The zero-order valence-corrected chi connectivity index (χ0v) is 16.6. The standard InChI is InChI=1S/C21H30ClNO/c1-8-18(15(2)3)21(7,23-14-24)17-10-9-16(19(22)13-17)11-12-20(4,5)6/h8-10,13,15,18H,1,11-12H2,2-7H3. The first-order valence-electron chi connectivity index (χ1n) is 8.55. The van der Waals surface area contributed by atoms with Crippen LogP contribution in [0.15, 0.2) is 35.8 Å². The van der Waals surface area contributed by atoms with Crippen molar-refractivity contribution >= 4 is 17.7 Å². The van der Waals surface area contributed by atoms with E-state index in [1.807, 2.05) is 25.1 Å². The van der Waals surface area contributed by atoms with E-state index in [2.05, 4.69) is 52.3 Å². The van der Waals surface area contributed by atoms with Gasteiger partial charge in [-0.15, -0.1) is 6.58 Å². The van der Waals surface area contributed by atoms with Crippen LogP contribution >= 0.6 is 11.6 Å². The van der Waals surface area contributed by atoms with E-state index in [1.165, 1.54) is 0 Å². The highest BCUT2D eigenvalue weighted by molar-refractivity contribution is 6.31. The molecular formula is C21H30ClNO. The number of hydrogen-bond acceptors (Lipinski definition) is 2. The van der Waals surface area contributed by atoms with Gasteiger partial charge in [0.25, 0.3) is 0 Å². The lowest BCUT2D eigenvalue weighted by Crippen LogP contribution is -2.32. The van der Waals surface area contributed by atoms with Crippen LogP contribution in [0.1, 0.15) is 59.1 Å². The summed E-state index contributed by atoms with van der Waals surface area (Å²) in [6, 6.07) is 6.03. The van der Waals surface area contributed by atoms with Gasteiger partial charge in [0.05, 0.1) is 0 Å². The fourth-order valence-corrected chi connectivity index (χ4v) is 3.43. The molecule has 3 heteroatoms. The number of halogens is 1. The molecule has 0 amide bonds. The van der Waals surface area contributed by atoms with Gasteiger partial charge in [-0.25, -0.2) is 4.79 Å². The Labute approximate surface area is 152 Å². The lowest BCUT2D eigenvalue weighted by Gasteiger charge is -2.34. The Morgan fingerprint density at radius 3 is 2.33 bits per heavy atom. The van der Waals surface area contributed by atoms with Crippen LogP contribution < -0.4 is 0 Å². The van der Waals surface area contributed by atoms with E-state index in [4.69, 9.17) is 11.6 Å². The van der Waals surface area contributed by atoms with Crippen molar-refractivity contribution in [3.05, 3.63) is 47.0 Å². The molecule has 2 nitrogen and oxygen atoms in total. The topological polar surface area (TPSA) is 29.4 Å². The molecule has 0 aliphatic carbocycles. The Hall–Kier alpha value is -1.37. The molecule has 0 spiro atoms. The summed E-state index contributed by atoms with van der Waals surface area (Å²) in [6.45, 7) is 16.8. The fraction of sp³-hybridized carbons (Fsp3) is 0.571. The van der Waals surface area contributed by atoms with E-state index < -0.39 is 5.54 Å². The molecular weight excluding hydrogens is 318 g/mol. The Bertz CT molecular complexity index is 623. The number of rotatable bonds is 7. The van der Waals surface area contributed by atoms with Crippen LogP contribution in [0, 0.1) is 17.3 Å². The third kappa shape index (κ3) is 5.06. The van der Waals surface area contributed by atoms with E-state index in [-0.39, 0.29) is 11.3 Å². The average molecular weight is 348 g/mol. The molecule has 0 saturated carbocycles. The van der Waals surface area contributed by atoms with Crippen LogP contribution in [0.2, 0.25) is 5.02 Å². The molecule has 2 unspecified atom stereocenters. The third-order valence-corrected chi connectivity index (χ3v) is 5.03. The molecule has 0 N–H and O–H groups in total. The van der Waals surface area contributed by atoms with Crippen LogP contribution in [-0.4, -0.2) is 6.08 Å². The van der Waals surface area contributed by atoms with E-state index in [0.29, 0.717) is 5.92 Å². The molecule has 0 saturated heterocycles. The van der Waals surface area contributed by atoms with E-state index >= 15 is 0 Å². The van der Waals surface area contributed by atoms with Crippen LogP contribution in [0.4, 0.5) is 0 Å². The van der Waals surface area contributed by atoms with Crippen molar-refractivity contribution in [2.24, 2.45) is 22.2 Å². The second-order valence-corrected chi connectivity index (χ2v) is 8.63. The van der Waals surface area contributed by atoms with Gasteiger partial charge in [-0.1, -0.05) is 64.4 Å². The molecule has 0 aliphatic rings. The summed E-state index contributed by atoms with van der Waals surface area (Å²) >= 11 is 6.53. The number of hydrogen-bond donors (Lipinski definition) is 0. The predicted octanol–water partition coefficient (Wildman–Crippen LogP) is 6.33. The number of aliphatic imine (C=N–C) groups is 1. The van der Waals surface area contributed by atoms with Crippen molar-refractivity contribution in [3.63, 3.8) is 0 Å². The van der Waals surface area contributed by atoms with Crippen molar-refractivity contribution in [3.8, 4) is 0 Å². The summed E-state index contributed by atoms with van der Waals surface area (Å²) in [5, 5.41) is 0.732. The smallest absolute Gasteiger partial charge is 0.211 e. The molecule has 0 aromatic heterocycles. The molecule has 0 bridgehead atoms. The summed E-state index contributed by atoms with van der Waals surface area (Å²) in [7, 11) is 0. The van der Waals surface area contributed by atoms with Gasteiger partial charge in [-0.3, -0.25) is 0 Å². The SMILES string of the molecule is C=CC(C(C)C)C(C)(N=C=O)c1ccc(CCC(C)(C)C)c(Cl)c1. The van der Waals surface area contributed by atoms with Crippen molar-refractivity contribution in [2.45, 2.75) is 59.9 Å². The van der Waals surface area contributed by atoms with Gasteiger partial charge in [0.15, 0.2) is 0 Å². The summed E-state index contributed by atoms with van der Waals surface area (Å²) in [5.74, 6) is 0.319. The Morgan fingerprint density at radius 2 is 1.92 bits per heavy atom. The van der Waals surface area contributed by atoms with Gasteiger partial charge in [-0.05, 0) is 48.3 Å². The molecule has 0 aliphatic heterocycles. The first kappa shape index (κ1) is 20.7. The molecule has 0 heterocycles. The second-order valence-electron chi connectivity index (χ2n) is 8.22. The number of benzene rings is 1. The number of carbonyl (C=O) groups excluding carboxylic acids is 1. The summed E-state index contributed by atoms with van der Waals surface area (Å²) in [4.78, 5) is 15.2. The average Bonchev–Trinajstić information content (AvgIpc) is 2.45. The van der Waals surface area contributed by atoms with Crippen LogP contribution in [0.3, 0.4) is 0 Å². The second kappa shape index (κ2) is 8.14. The first-order valence-corrected chi connectivity index (χ1v) is 8.93. The lowest BCUT2D eigenvalue weighted by atomic mass is 9.74. The molecule has 24 heavy (non-hydrogen) atoms. The van der Waals surface area contributed by atoms with Crippen molar-refractivity contribution in [1.29, 1.82) is 0 Å². The molecule has 0 radical (unpaired) electrons. The molecule has 1 aromatic carbocycles. The highest BCUT2D eigenvalue weighted by atomic mass is 35.5. The van der Waals surface area contributed by atoms with Gasteiger partial charge in [0.1, 0.15) is 5.54 Å². The minimum atomic E-state index is -0.705. The Morgan fingerprint density at radius 1 is 1.29 bits per heavy atom. The summed E-state index contributed by atoms with van der Waals surface area (Å²) in [5.41, 5.74) is 1.62. The normalized spacial score (nSPS) is 15.5. The predicted molar refractivity (Wildman–Crippen MR) is 103 cm³/mol. The molecule has 1 rings (SSSR count). The maximum atomic E-state index is 11.0. The molecule has 2 atom stereocenters. The summed E-state index contributed by atoms with van der Waals surface area (Å²) in [6.07, 6.45) is 5.61.